The number of amides is 2. The molecular weight excluding hydrogens is 382 g/mol. The number of carbonyl (C=O) groups is 2. The number of nitrogens with one attached hydrogen (secondary N) is 2. The van der Waals surface area contributed by atoms with Crippen LogP contribution in [0.4, 0.5) is 14.5 Å². The fourth-order valence-corrected chi connectivity index (χ4v) is 4.21. The van der Waals surface area contributed by atoms with Crippen LogP contribution in [0.15, 0.2) is 23.1 Å². The lowest BCUT2D eigenvalue weighted by Crippen LogP contribution is -2.39. The zero-order valence-electron chi connectivity index (χ0n) is 14.6. The van der Waals surface area contributed by atoms with Crippen LogP contribution in [0.3, 0.4) is 0 Å². The third-order valence-electron chi connectivity index (χ3n) is 4.77. The van der Waals surface area contributed by atoms with E-state index in [1.807, 2.05) is 4.72 Å². The van der Waals surface area contributed by atoms with Gasteiger partial charge in [-0.1, -0.05) is 6.92 Å². The van der Waals surface area contributed by atoms with Crippen molar-refractivity contribution in [2.75, 3.05) is 5.32 Å². The van der Waals surface area contributed by atoms with Gasteiger partial charge in [-0.05, 0) is 37.5 Å². The highest BCUT2D eigenvalue weighted by Crippen LogP contribution is 2.36. The third-order valence-corrected chi connectivity index (χ3v) is 6.12. The Kier molecular flexibility index (Phi) is 5.11. The first-order chi connectivity index (χ1) is 12.6. The number of rotatable bonds is 4. The van der Waals surface area contributed by atoms with Gasteiger partial charge >= 0.3 is 0 Å². The van der Waals surface area contributed by atoms with Crippen molar-refractivity contribution < 1.29 is 31.5 Å². The Balaban J connectivity index is 1.73. The molecule has 2 N–H and O–H groups in total. The molecule has 1 heterocycles. The summed E-state index contributed by atoms with van der Waals surface area (Å²) in [6, 6.07) is 3.86. The minimum atomic E-state index is -4.20. The molecule has 0 aromatic heterocycles. The Morgan fingerprint density at radius 2 is 2.00 bits per heavy atom. The van der Waals surface area contributed by atoms with Gasteiger partial charge < -0.3 is 10.1 Å². The van der Waals surface area contributed by atoms with E-state index in [-0.39, 0.29) is 29.3 Å². The van der Waals surface area contributed by atoms with Crippen LogP contribution in [0.5, 0.6) is 5.75 Å². The van der Waals surface area contributed by atoms with Crippen LogP contribution in [-0.4, -0.2) is 32.3 Å². The molecule has 1 fully saturated rings. The molecule has 1 aromatic rings. The molecule has 0 saturated heterocycles. The van der Waals surface area contributed by atoms with E-state index in [0.717, 1.165) is 0 Å². The van der Waals surface area contributed by atoms with E-state index in [0.29, 0.717) is 12.2 Å². The smallest absolute Gasteiger partial charge is 0.265 e. The van der Waals surface area contributed by atoms with E-state index >= 15 is 0 Å². The van der Waals surface area contributed by atoms with Gasteiger partial charge in [-0.25, -0.2) is 21.9 Å². The zero-order chi connectivity index (χ0) is 19.8. The molecule has 1 aliphatic carbocycles. The molecular formula is C17H20F2N2O5S. The molecule has 7 nitrogen and oxygen atoms in total. The van der Waals surface area contributed by atoms with Gasteiger partial charge in [0.1, 0.15) is 5.75 Å². The molecule has 1 saturated carbocycles. The third kappa shape index (κ3) is 4.20. The molecule has 148 valence electrons. The van der Waals surface area contributed by atoms with Gasteiger partial charge in [-0.3, -0.25) is 9.59 Å². The normalized spacial score (nSPS) is 22.3. The van der Waals surface area contributed by atoms with Crippen LogP contribution in [0, 0.1) is 5.92 Å². The van der Waals surface area contributed by atoms with Crippen molar-refractivity contribution in [3.63, 3.8) is 0 Å². The number of halogens is 2. The van der Waals surface area contributed by atoms with Crippen LogP contribution < -0.4 is 14.8 Å². The second-order valence-electron chi connectivity index (χ2n) is 6.76. The first-order valence-corrected chi connectivity index (χ1v) is 10.2. The second-order valence-corrected chi connectivity index (χ2v) is 8.44. The summed E-state index contributed by atoms with van der Waals surface area (Å²) in [5, 5.41) is 2.57. The molecule has 1 unspecified atom stereocenters. The van der Waals surface area contributed by atoms with E-state index in [4.69, 9.17) is 4.74 Å². The minimum absolute atomic E-state index is 0.0686. The molecule has 1 aromatic carbocycles. The number of fused-ring (bicyclic) bond motifs is 1. The minimum Gasteiger partial charge on any atom is -0.478 e. The van der Waals surface area contributed by atoms with Crippen LogP contribution in [0.2, 0.25) is 0 Å². The lowest BCUT2D eigenvalue weighted by Gasteiger charge is -2.27. The van der Waals surface area contributed by atoms with Crippen molar-refractivity contribution in [2.24, 2.45) is 5.92 Å². The summed E-state index contributed by atoms with van der Waals surface area (Å²) in [7, 11) is -4.20. The van der Waals surface area contributed by atoms with Gasteiger partial charge in [0.15, 0.2) is 6.10 Å². The summed E-state index contributed by atoms with van der Waals surface area (Å²) in [5.41, 5.74) is 0.192. The number of sulfonamides is 1. The predicted octanol–water partition coefficient (Wildman–Crippen LogP) is 2.43. The summed E-state index contributed by atoms with van der Waals surface area (Å²) in [4.78, 5) is 23.8. The Hall–Kier alpha value is -2.23. The number of hydrogen-bond acceptors (Lipinski definition) is 5. The van der Waals surface area contributed by atoms with Crippen molar-refractivity contribution in [3.05, 3.63) is 18.2 Å². The molecule has 27 heavy (non-hydrogen) atoms. The SMILES string of the molecule is CCC1Oc2ccc(S(=O)(=O)NC(=O)C3CCC(F)(F)CC3)cc2NC1=O. The average Bonchev–Trinajstić information content (AvgIpc) is 2.60. The number of alkyl halides is 2. The van der Waals surface area contributed by atoms with E-state index in [1.165, 1.54) is 18.2 Å². The largest absolute Gasteiger partial charge is 0.478 e. The summed E-state index contributed by atoms with van der Waals surface area (Å²) < 4.78 is 58.8. The van der Waals surface area contributed by atoms with E-state index < -0.39 is 46.7 Å². The van der Waals surface area contributed by atoms with Gasteiger partial charge in [0.05, 0.1) is 10.6 Å². The van der Waals surface area contributed by atoms with Crippen molar-refractivity contribution in [2.45, 2.75) is 55.9 Å². The first kappa shape index (κ1) is 19.5. The topological polar surface area (TPSA) is 102 Å². The number of ether oxygens (including phenoxy) is 1. The van der Waals surface area contributed by atoms with Gasteiger partial charge in [0, 0.05) is 18.8 Å². The Morgan fingerprint density at radius 1 is 1.33 bits per heavy atom. The fraction of sp³-hybridized carbons (Fsp3) is 0.529. The lowest BCUT2D eigenvalue weighted by molar-refractivity contribution is -0.127. The van der Waals surface area contributed by atoms with Crippen molar-refractivity contribution in [3.8, 4) is 5.75 Å². The van der Waals surface area contributed by atoms with Crippen LogP contribution in [0.25, 0.3) is 0 Å². The van der Waals surface area contributed by atoms with E-state index in [1.54, 1.807) is 6.92 Å². The molecule has 2 aliphatic rings. The number of anilines is 1. The summed E-state index contributed by atoms with van der Waals surface area (Å²) in [5.74, 6) is -4.42. The number of benzene rings is 1. The highest BCUT2D eigenvalue weighted by Gasteiger charge is 2.38. The highest BCUT2D eigenvalue weighted by molar-refractivity contribution is 7.90. The van der Waals surface area contributed by atoms with Gasteiger partial charge in [0.2, 0.25) is 11.8 Å². The maximum atomic E-state index is 13.2. The zero-order valence-corrected chi connectivity index (χ0v) is 15.4. The standard InChI is InChI=1S/C17H20F2N2O5S/c1-2-13-16(23)20-12-9-11(3-4-14(12)26-13)27(24,25)21-15(22)10-5-7-17(18,19)8-6-10/h3-4,9-10,13H,2,5-8H2,1H3,(H,20,23)(H,21,22). The monoisotopic (exact) mass is 402 g/mol. The summed E-state index contributed by atoms with van der Waals surface area (Å²) in [6.45, 7) is 1.78. The van der Waals surface area contributed by atoms with Gasteiger partial charge in [-0.2, -0.15) is 0 Å². The number of carbonyl (C=O) groups excluding carboxylic acids is 2. The van der Waals surface area contributed by atoms with Crippen molar-refractivity contribution in [1.29, 1.82) is 0 Å². The van der Waals surface area contributed by atoms with Gasteiger partial charge in [-0.15, -0.1) is 0 Å². The van der Waals surface area contributed by atoms with Crippen molar-refractivity contribution in [1.82, 2.24) is 4.72 Å². The van der Waals surface area contributed by atoms with Gasteiger partial charge in [0.25, 0.3) is 15.9 Å². The Bertz CT molecular complexity index is 862. The summed E-state index contributed by atoms with van der Waals surface area (Å²) in [6.07, 6.45) is -1.20. The fourth-order valence-electron chi connectivity index (χ4n) is 3.14. The molecule has 0 bridgehead atoms. The maximum Gasteiger partial charge on any atom is 0.265 e. The Morgan fingerprint density at radius 3 is 2.63 bits per heavy atom. The average molecular weight is 402 g/mol. The Labute approximate surface area is 155 Å². The second kappa shape index (κ2) is 7.06. The summed E-state index contributed by atoms with van der Waals surface area (Å²) >= 11 is 0. The van der Waals surface area contributed by atoms with Crippen LogP contribution in [0.1, 0.15) is 39.0 Å². The molecule has 0 radical (unpaired) electrons. The van der Waals surface area contributed by atoms with Crippen LogP contribution >= 0.6 is 0 Å². The number of hydrogen-bond donors (Lipinski definition) is 2. The predicted molar refractivity (Wildman–Crippen MR) is 92.0 cm³/mol. The highest BCUT2D eigenvalue weighted by atomic mass is 32.2. The molecule has 1 atom stereocenters. The molecule has 1 aliphatic heterocycles. The first-order valence-electron chi connectivity index (χ1n) is 8.67. The quantitative estimate of drug-likeness (QED) is 0.805. The molecule has 0 spiro atoms. The lowest BCUT2D eigenvalue weighted by atomic mass is 9.86. The molecule has 3 rings (SSSR count). The molecule has 2 amide bonds. The van der Waals surface area contributed by atoms with Crippen molar-refractivity contribution >= 4 is 27.5 Å². The van der Waals surface area contributed by atoms with Crippen LogP contribution in [-0.2, 0) is 19.6 Å². The van der Waals surface area contributed by atoms with E-state index in [2.05, 4.69) is 5.32 Å². The maximum absolute atomic E-state index is 13.2. The molecule has 10 heteroatoms. The van der Waals surface area contributed by atoms with E-state index in [9.17, 15) is 26.8 Å².